The molecule has 1 atom stereocenters. The first-order chi connectivity index (χ1) is 12.9. The van der Waals surface area contributed by atoms with Gasteiger partial charge in [-0.3, -0.25) is 4.79 Å². The van der Waals surface area contributed by atoms with Gasteiger partial charge in [-0.15, -0.1) is 0 Å². The van der Waals surface area contributed by atoms with Crippen molar-refractivity contribution >= 4 is 15.9 Å². The van der Waals surface area contributed by atoms with Gasteiger partial charge in [-0.05, 0) is 65.0 Å². The van der Waals surface area contributed by atoms with E-state index in [0.29, 0.717) is 11.3 Å². The molecule has 0 bridgehead atoms. The van der Waals surface area contributed by atoms with Gasteiger partial charge in [-0.2, -0.15) is 0 Å². The number of sulfonamides is 1. The van der Waals surface area contributed by atoms with Crippen LogP contribution < -0.4 is 14.8 Å². The summed E-state index contributed by atoms with van der Waals surface area (Å²) in [6.07, 6.45) is 0. The number of rotatable bonds is 6. The molecular weight excluding hydrogens is 376 g/mol. The number of ether oxygens (including phenoxy) is 1. The maximum atomic E-state index is 12.6. The molecule has 0 saturated heterocycles. The van der Waals surface area contributed by atoms with Crippen molar-refractivity contribution in [1.82, 2.24) is 10.0 Å². The van der Waals surface area contributed by atoms with Crippen LogP contribution in [0.2, 0.25) is 0 Å². The average molecular weight is 405 g/mol. The van der Waals surface area contributed by atoms with Gasteiger partial charge in [0.25, 0.3) is 5.91 Å². The minimum Gasteiger partial charge on any atom is -0.496 e. The van der Waals surface area contributed by atoms with E-state index in [1.54, 1.807) is 27.9 Å². The fourth-order valence-corrected chi connectivity index (χ4v) is 4.22. The van der Waals surface area contributed by atoms with Crippen LogP contribution in [-0.4, -0.2) is 27.0 Å². The van der Waals surface area contributed by atoms with Gasteiger partial charge in [0.1, 0.15) is 5.75 Å². The number of amides is 1. The zero-order valence-corrected chi connectivity index (χ0v) is 18.0. The lowest BCUT2D eigenvalue weighted by Gasteiger charge is -2.20. The molecule has 2 rings (SSSR count). The molecular formula is C21H28N2O4S. The molecule has 0 saturated carbocycles. The van der Waals surface area contributed by atoms with Crippen molar-refractivity contribution in [2.24, 2.45) is 0 Å². The first kappa shape index (κ1) is 21.9. The summed E-state index contributed by atoms with van der Waals surface area (Å²) < 4.78 is 32.7. The highest BCUT2D eigenvalue weighted by Gasteiger charge is 2.22. The van der Waals surface area contributed by atoms with E-state index in [2.05, 4.69) is 10.0 Å². The van der Waals surface area contributed by atoms with Gasteiger partial charge in [0.15, 0.2) is 0 Å². The largest absolute Gasteiger partial charge is 0.496 e. The van der Waals surface area contributed by atoms with Gasteiger partial charge in [-0.1, -0.05) is 17.7 Å². The van der Waals surface area contributed by atoms with Crippen LogP contribution in [0.3, 0.4) is 0 Å². The van der Waals surface area contributed by atoms with E-state index in [0.717, 1.165) is 11.1 Å². The molecule has 6 nitrogen and oxygen atoms in total. The molecule has 2 N–H and O–H groups in total. The van der Waals surface area contributed by atoms with Gasteiger partial charge in [-0.25, -0.2) is 13.1 Å². The Labute approximate surface area is 167 Å². The molecule has 2 aromatic rings. The number of hydrogen-bond acceptors (Lipinski definition) is 4. The second kappa shape index (κ2) is 8.32. The molecule has 0 radical (unpaired) electrons. The molecule has 2 aromatic carbocycles. The quantitative estimate of drug-likeness (QED) is 0.771. The van der Waals surface area contributed by atoms with E-state index in [1.165, 1.54) is 24.3 Å². The maximum absolute atomic E-state index is 12.6. The summed E-state index contributed by atoms with van der Waals surface area (Å²) in [5.74, 6) is 0.414. The topological polar surface area (TPSA) is 84.5 Å². The number of nitrogens with one attached hydrogen (secondary N) is 2. The van der Waals surface area contributed by atoms with E-state index in [9.17, 15) is 13.2 Å². The fourth-order valence-electron chi connectivity index (χ4n) is 2.80. The normalized spacial score (nSPS) is 13.1. The van der Waals surface area contributed by atoms with Crippen molar-refractivity contribution in [2.75, 3.05) is 7.11 Å². The zero-order valence-electron chi connectivity index (χ0n) is 17.2. The molecule has 28 heavy (non-hydrogen) atoms. The molecule has 152 valence electrons. The Morgan fingerprint density at radius 3 is 2.21 bits per heavy atom. The summed E-state index contributed by atoms with van der Waals surface area (Å²) >= 11 is 0. The summed E-state index contributed by atoms with van der Waals surface area (Å²) in [5, 5.41) is 2.93. The molecule has 0 aliphatic carbocycles. The van der Waals surface area contributed by atoms with E-state index in [1.807, 2.05) is 32.0 Å². The number of hydrogen-bond donors (Lipinski definition) is 2. The summed E-state index contributed by atoms with van der Waals surface area (Å²) in [4.78, 5) is 12.7. The fraction of sp³-hybridized carbons (Fsp3) is 0.381. The number of aryl methyl sites for hydroxylation is 1. The second-order valence-corrected chi connectivity index (χ2v) is 9.50. The SMILES string of the molecule is COc1ccc(C)cc1C(C)NC(=O)c1ccc(S(=O)(=O)NC(C)(C)C)cc1. The smallest absolute Gasteiger partial charge is 0.251 e. The minimum absolute atomic E-state index is 0.118. The summed E-state index contributed by atoms with van der Waals surface area (Å²) in [5.41, 5.74) is 1.74. The minimum atomic E-state index is -3.64. The molecule has 0 aliphatic rings. The van der Waals surface area contributed by atoms with Crippen molar-refractivity contribution in [3.8, 4) is 5.75 Å². The monoisotopic (exact) mass is 404 g/mol. The van der Waals surface area contributed by atoms with Crippen LogP contribution in [-0.2, 0) is 10.0 Å². The Morgan fingerprint density at radius 1 is 1.07 bits per heavy atom. The zero-order chi connectivity index (χ0) is 21.1. The lowest BCUT2D eigenvalue weighted by Crippen LogP contribution is -2.40. The molecule has 0 fully saturated rings. The van der Waals surface area contributed by atoms with Crippen molar-refractivity contribution in [1.29, 1.82) is 0 Å². The Kier molecular flexibility index (Phi) is 6.52. The predicted molar refractivity (Wildman–Crippen MR) is 110 cm³/mol. The van der Waals surface area contributed by atoms with Gasteiger partial charge >= 0.3 is 0 Å². The molecule has 0 spiro atoms. The van der Waals surface area contributed by atoms with Gasteiger partial charge in [0, 0.05) is 16.7 Å². The first-order valence-electron chi connectivity index (χ1n) is 9.02. The van der Waals surface area contributed by atoms with E-state index < -0.39 is 15.6 Å². The average Bonchev–Trinajstić information content (AvgIpc) is 2.59. The molecule has 7 heteroatoms. The third-order valence-electron chi connectivity index (χ3n) is 4.07. The molecule has 0 aliphatic heterocycles. The Hall–Kier alpha value is -2.38. The number of benzene rings is 2. The number of methoxy groups -OCH3 is 1. The van der Waals surface area contributed by atoms with Gasteiger partial charge < -0.3 is 10.1 Å². The Morgan fingerprint density at radius 2 is 1.68 bits per heavy atom. The highest BCUT2D eigenvalue weighted by atomic mass is 32.2. The van der Waals surface area contributed by atoms with Crippen LogP contribution in [0, 0.1) is 6.92 Å². The lowest BCUT2D eigenvalue weighted by molar-refractivity contribution is 0.0939. The summed E-state index contributed by atoms with van der Waals surface area (Å²) in [6.45, 7) is 9.16. The second-order valence-electron chi connectivity index (χ2n) is 7.82. The number of carbonyl (C=O) groups excluding carboxylic acids is 1. The molecule has 1 unspecified atom stereocenters. The summed E-state index contributed by atoms with van der Waals surface area (Å²) in [7, 11) is -2.05. The van der Waals surface area contributed by atoms with E-state index in [4.69, 9.17) is 4.74 Å². The van der Waals surface area contributed by atoms with Gasteiger partial charge in [0.2, 0.25) is 10.0 Å². The third kappa shape index (κ3) is 5.56. The number of carbonyl (C=O) groups is 1. The van der Waals surface area contributed by atoms with Crippen molar-refractivity contribution in [3.63, 3.8) is 0 Å². The lowest BCUT2D eigenvalue weighted by atomic mass is 10.0. The van der Waals surface area contributed by atoms with Crippen LogP contribution in [0.15, 0.2) is 47.4 Å². The van der Waals surface area contributed by atoms with Crippen LogP contribution in [0.4, 0.5) is 0 Å². The van der Waals surface area contributed by atoms with Crippen molar-refractivity contribution in [2.45, 2.75) is 51.1 Å². The predicted octanol–water partition coefficient (Wildman–Crippen LogP) is 3.57. The van der Waals surface area contributed by atoms with Gasteiger partial charge in [0.05, 0.1) is 18.0 Å². The van der Waals surface area contributed by atoms with E-state index >= 15 is 0 Å². The van der Waals surface area contributed by atoms with Crippen LogP contribution in [0.25, 0.3) is 0 Å². The summed E-state index contributed by atoms with van der Waals surface area (Å²) in [6, 6.07) is 11.4. The molecule has 0 aromatic heterocycles. The highest BCUT2D eigenvalue weighted by Crippen LogP contribution is 2.26. The van der Waals surface area contributed by atoms with E-state index in [-0.39, 0.29) is 16.8 Å². The third-order valence-corrected chi connectivity index (χ3v) is 5.84. The van der Waals surface area contributed by atoms with Crippen molar-refractivity contribution < 1.29 is 17.9 Å². The maximum Gasteiger partial charge on any atom is 0.251 e. The highest BCUT2D eigenvalue weighted by molar-refractivity contribution is 7.89. The van der Waals surface area contributed by atoms with Crippen molar-refractivity contribution in [3.05, 3.63) is 59.2 Å². The van der Waals surface area contributed by atoms with Crippen LogP contribution in [0.1, 0.15) is 55.2 Å². The molecule has 0 heterocycles. The first-order valence-corrected chi connectivity index (χ1v) is 10.5. The van der Waals surface area contributed by atoms with Crippen LogP contribution >= 0.6 is 0 Å². The van der Waals surface area contributed by atoms with Crippen LogP contribution in [0.5, 0.6) is 5.75 Å². The standard InChI is InChI=1S/C21H28N2O4S/c1-14-7-12-19(27-6)18(13-14)15(2)22-20(24)16-8-10-17(11-9-16)28(25,26)23-21(3,4)5/h7-13,15,23H,1-6H3,(H,22,24). The molecule has 1 amide bonds. The Bertz CT molecular complexity index is 945. The Balaban J connectivity index is 2.17.